The number of aromatic carboxylic acids is 1. The quantitative estimate of drug-likeness (QED) is 0.892. The van der Waals surface area contributed by atoms with Crippen LogP contribution in [0.4, 0.5) is 5.69 Å². The summed E-state index contributed by atoms with van der Waals surface area (Å²) >= 11 is 1.46. The summed E-state index contributed by atoms with van der Waals surface area (Å²) in [7, 11) is 0. The summed E-state index contributed by atoms with van der Waals surface area (Å²) in [5.74, 6) is -1.24. The first-order chi connectivity index (χ1) is 8.58. The second kappa shape index (κ2) is 5.01. The third-order valence-electron chi connectivity index (χ3n) is 2.47. The van der Waals surface area contributed by atoms with Crippen LogP contribution in [-0.4, -0.2) is 17.0 Å². The molecule has 0 aliphatic heterocycles. The summed E-state index contributed by atoms with van der Waals surface area (Å²) in [6.45, 7) is 1.86. The van der Waals surface area contributed by atoms with E-state index in [0.29, 0.717) is 11.3 Å². The number of aryl methyl sites for hydroxylation is 1. The van der Waals surface area contributed by atoms with Crippen molar-refractivity contribution in [2.75, 3.05) is 5.32 Å². The summed E-state index contributed by atoms with van der Waals surface area (Å²) in [6.07, 6.45) is 0. The first-order valence-electron chi connectivity index (χ1n) is 5.25. The maximum Gasteiger partial charge on any atom is 0.335 e. The van der Waals surface area contributed by atoms with Crippen molar-refractivity contribution in [3.8, 4) is 0 Å². The van der Waals surface area contributed by atoms with E-state index in [4.69, 9.17) is 5.11 Å². The van der Waals surface area contributed by atoms with E-state index in [1.54, 1.807) is 17.5 Å². The Hall–Kier alpha value is -2.14. The molecule has 1 aromatic carbocycles. The van der Waals surface area contributed by atoms with Crippen LogP contribution < -0.4 is 5.32 Å². The van der Waals surface area contributed by atoms with Gasteiger partial charge in [-0.15, -0.1) is 0 Å². The van der Waals surface area contributed by atoms with Gasteiger partial charge in [-0.1, -0.05) is 6.07 Å². The summed E-state index contributed by atoms with van der Waals surface area (Å²) in [5.41, 5.74) is 2.15. The number of carbonyl (C=O) groups is 2. The van der Waals surface area contributed by atoms with Gasteiger partial charge in [-0.2, -0.15) is 11.3 Å². The van der Waals surface area contributed by atoms with Gasteiger partial charge in [0.1, 0.15) is 0 Å². The molecule has 1 aromatic heterocycles. The molecule has 0 atom stereocenters. The molecule has 5 heteroatoms. The summed E-state index contributed by atoms with van der Waals surface area (Å²) < 4.78 is 0. The molecule has 0 aliphatic carbocycles. The number of benzene rings is 1. The molecule has 18 heavy (non-hydrogen) atoms. The number of hydrogen-bond acceptors (Lipinski definition) is 3. The van der Waals surface area contributed by atoms with Crippen LogP contribution in [0.1, 0.15) is 26.3 Å². The van der Waals surface area contributed by atoms with Crippen LogP contribution in [0.5, 0.6) is 0 Å². The van der Waals surface area contributed by atoms with Gasteiger partial charge < -0.3 is 10.4 Å². The van der Waals surface area contributed by atoms with E-state index in [-0.39, 0.29) is 11.5 Å². The standard InChI is InChI=1S/C13H11NO3S/c1-8-6-18-7-11(8)12(15)14-10-4-2-3-9(5-10)13(16)17/h2-7H,1H3,(H,14,15)(H,16,17). The number of carboxylic acids is 1. The Morgan fingerprint density at radius 3 is 2.67 bits per heavy atom. The van der Waals surface area contributed by atoms with E-state index in [1.807, 2.05) is 12.3 Å². The molecule has 2 aromatic rings. The zero-order chi connectivity index (χ0) is 13.1. The van der Waals surface area contributed by atoms with Gasteiger partial charge in [0, 0.05) is 11.1 Å². The van der Waals surface area contributed by atoms with Crippen molar-refractivity contribution in [2.24, 2.45) is 0 Å². The monoisotopic (exact) mass is 261 g/mol. The van der Waals surface area contributed by atoms with E-state index in [1.165, 1.54) is 23.5 Å². The maximum absolute atomic E-state index is 11.9. The molecule has 0 saturated heterocycles. The molecule has 1 amide bonds. The maximum atomic E-state index is 11.9. The molecule has 1 heterocycles. The molecule has 92 valence electrons. The van der Waals surface area contributed by atoms with Crippen molar-refractivity contribution in [1.29, 1.82) is 0 Å². The van der Waals surface area contributed by atoms with Gasteiger partial charge in [0.25, 0.3) is 5.91 Å². The third kappa shape index (κ3) is 2.57. The lowest BCUT2D eigenvalue weighted by atomic mass is 10.2. The molecular weight excluding hydrogens is 250 g/mol. The molecular formula is C13H11NO3S. The Morgan fingerprint density at radius 1 is 1.28 bits per heavy atom. The molecule has 4 nitrogen and oxygen atoms in total. The zero-order valence-electron chi connectivity index (χ0n) is 9.64. The SMILES string of the molecule is Cc1cscc1C(=O)Nc1cccc(C(=O)O)c1. The van der Waals surface area contributed by atoms with E-state index in [0.717, 1.165) is 5.56 Å². The van der Waals surface area contributed by atoms with Crippen LogP contribution in [-0.2, 0) is 0 Å². The highest BCUT2D eigenvalue weighted by molar-refractivity contribution is 7.08. The molecule has 2 rings (SSSR count). The largest absolute Gasteiger partial charge is 0.478 e. The van der Waals surface area contributed by atoms with Crippen molar-refractivity contribution in [3.63, 3.8) is 0 Å². The minimum atomic E-state index is -1.02. The van der Waals surface area contributed by atoms with E-state index >= 15 is 0 Å². The lowest BCUT2D eigenvalue weighted by Gasteiger charge is -2.05. The predicted octanol–water partition coefficient (Wildman–Crippen LogP) is 3.01. The second-order valence-electron chi connectivity index (χ2n) is 3.81. The van der Waals surface area contributed by atoms with Gasteiger partial charge in [0.15, 0.2) is 0 Å². The normalized spacial score (nSPS) is 10.1. The number of carbonyl (C=O) groups excluding carboxylic acids is 1. The first kappa shape index (κ1) is 12.3. The van der Waals surface area contributed by atoms with Crippen molar-refractivity contribution in [2.45, 2.75) is 6.92 Å². The van der Waals surface area contributed by atoms with Crippen molar-refractivity contribution >= 4 is 28.9 Å². The number of thiophene rings is 1. The fraction of sp³-hybridized carbons (Fsp3) is 0.0769. The molecule has 0 radical (unpaired) electrons. The van der Waals surface area contributed by atoms with Gasteiger partial charge in [0.05, 0.1) is 11.1 Å². The van der Waals surface area contributed by atoms with E-state index < -0.39 is 5.97 Å². The lowest BCUT2D eigenvalue weighted by molar-refractivity contribution is 0.0696. The topological polar surface area (TPSA) is 66.4 Å². The Labute approximate surface area is 108 Å². The minimum absolute atomic E-state index is 0.148. The summed E-state index contributed by atoms with van der Waals surface area (Å²) in [6, 6.07) is 6.17. The average molecular weight is 261 g/mol. The Morgan fingerprint density at radius 2 is 2.06 bits per heavy atom. The molecule has 0 bridgehead atoms. The van der Waals surface area contributed by atoms with Crippen LogP contribution in [0.2, 0.25) is 0 Å². The number of rotatable bonds is 3. The fourth-order valence-corrected chi connectivity index (χ4v) is 2.35. The van der Waals surface area contributed by atoms with Crippen LogP contribution in [0, 0.1) is 6.92 Å². The number of anilines is 1. The lowest BCUT2D eigenvalue weighted by Crippen LogP contribution is -2.12. The zero-order valence-corrected chi connectivity index (χ0v) is 10.5. The van der Waals surface area contributed by atoms with Crippen molar-refractivity contribution in [1.82, 2.24) is 0 Å². The smallest absolute Gasteiger partial charge is 0.335 e. The average Bonchev–Trinajstić information content (AvgIpc) is 2.76. The molecule has 2 N–H and O–H groups in total. The van der Waals surface area contributed by atoms with Gasteiger partial charge in [0.2, 0.25) is 0 Å². The molecule has 0 unspecified atom stereocenters. The number of carboxylic acid groups (broad SMARTS) is 1. The number of amides is 1. The predicted molar refractivity (Wildman–Crippen MR) is 70.4 cm³/mol. The van der Waals surface area contributed by atoms with Crippen LogP contribution >= 0.6 is 11.3 Å². The van der Waals surface area contributed by atoms with Crippen LogP contribution in [0.25, 0.3) is 0 Å². The Bertz CT molecular complexity index is 604. The summed E-state index contributed by atoms with van der Waals surface area (Å²) in [5, 5.41) is 15.2. The second-order valence-corrected chi connectivity index (χ2v) is 4.55. The highest BCUT2D eigenvalue weighted by Gasteiger charge is 2.11. The number of nitrogens with one attached hydrogen (secondary N) is 1. The van der Waals surface area contributed by atoms with Crippen LogP contribution in [0.3, 0.4) is 0 Å². The Kier molecular flexibility index (Phi) is 3.43. The van der Waals surface area contributed by atoms with Crippen molar-refractivity contribution < 1.29 is 14.7 Å². The van der Waals surface area contributed by atoms with E-state index in [2.05, 4.69) is 5.32 Å². The van der Waals surface area contributed by atoms with E-state index in [9.17, 15) is 9.59 Å². The van der Waals surface area contributed by atoms with Gasteiger partial charge in [-0.25, -0.2) is 4.79 Å². The fourth-order valence-electron chi connectivity index (χ4n) is 1.52. The van der Waals surface area contributed by atoms with Gasteiger partial charge in [-0.3, -0.25) is 4.79 Å². The first-order valence-corrected chi connectivity index (χ1v) is 6.19. The highest BCUT2D eigenvalue weighted by atomic mass is 32.1. The van der Waals surface area contributed by atoms with Gasteiger partial charge in [-0.05, 0) is 36.1 Å². The van der Waals surface area contributed by atoms with Crippen LogP contribution in [0.15, 0.2) is 35.0 Å². The minimum Gasteiger partial charge on any atom is -0.478 e. The van der Waals surface area contributed by atoms with Crippen molar-refractivity contribution in [3.05, 3.63) is 51.7 Å². The molecule has 0 aliphatic rings. The number of hydrogen-bond donors (Lipinski definition) is 2. The Balaban J connectivity index is 2.20. The highest BCUT2D eigenvalue weighted by Crippen LogP contribution is 2.17. The van der Waals surface area contributed by atoms with Gasteiger partial charge >= 0.3 is 5.97 Å². The molecule has 0 fully saturated rings. The molecule has 0 saturated carbocycles. The molecule has 0 spiro atoms. The summed E-state index contributed by atoms with van der Waals surface area (Å²) in [4.78, 5) is 22.7. The third-order valence-corrected chi connectivity index (χ3v) is 3.33.